The molecule has 32 heavy (non-hydrogen) atoms. The van der Waals surface area contributed by atoms with Gasteiger partial charge in [0.05, 0.1) is 11.1 Å². The molecule has 0 saturated carbocycles. The van der Waals surface area contributed by atoms with Gasteiger partial charge in [0.15, 0.2) is 11.5 Å². The first-order valence-corrected chi connectivity index (χ1v) is 10.9. The minimum Gasteiger partial charge on any atom is -0.490 e. The van der Waals surface area contributed by atoms with Crippen molar-refractivity contribution in [2.75, 3.05) is 11.9 Å². The summed E-state index contributed by atoms with van der Waals surface area (Å²) in [6.07, 6.45) is 1.52. The minimum absolute atomic E-state index is 0.0169. The maximum absolute atomic E-state index is 12.5. The molecule has 1 amide bonds. The number of amides is 1. The standard InChI is InChI=1S/C26H23BrN2O3/c1-3-31-24-15-19(13-21(16-28)26(30)29-22-11-5-4-6-12-22)14-23(27)25(24)32-17-20-10-8-7-9-18(20)2/h4-15H,3,17H2,1-2H3,(H,29,30)/b21-13+. The molecule has 0 spiro atoms. The van der Waals surface area contributed by atoms with Crippen LogP contribution in [-0.4, -0.2) is 12.5 Å². The van der Waals surface area contributed by atoms with Gasteiger partial charge in [-0.25, -0.2) is 0 Å². The number of carbonyl (C=O) groups excluding carboxylic acids is 1. The van der Waals surface area contributed by atoms with Crippen LogP contribution in [0.15, 0.2) is 76.8 Å². The summed E-state index contributed by atoms with van der Waals surface area (Å²) in [5.41, 5.74) is 3.47. The molecule has 3 rings (SSSR count). The average Bonchev–Trinajstić information content (AvgIpc) is 2.79. The van der Waals surface area contributed by atoms with Crippen LogP contribution < -0.4 is 14.8 Å². The van der Waals surface area contributed by atoms with Gasteiger partial charge in [0.2, 0.25) is 0 Å². The maximum Gasteiger partial charge on any atom is 0.266 e. The first-order chi connectivity index (χ1) is 15.5. The van der Waals surface area contributed by atoms with Crippen LogP contribution in [-0.2, 0) is 11.4 Å². The molecule has 0 aromatic heterocycles. The second-order valence-electron chi connectivity index (χ2n) is 6.97. The summed E-state index contributed by atoms with van der Waals surface area (Å²) in [5.74, 6) is 0.620. The van der Waals surface area contributed by atoms with Crippen LogP contribution in [0.1, 0.15) is 23.6 Å². The van der Waals surface area contributed by atoms with Gasteiger partial charge in [-0.05, 0) is 76.8 Å². The lowest BCUT2D eigenvalue weighted by atomic mass is 10.1. The highest BCUT2D eigenvalue weighted by Gasteiger charge is 2.15. The van der Waals surface area contributed by atoms with Gasteiger partial charge in [-0.2, -0.15) is 5.26 Å². The molecular formula is C26H23BrN2O3. The number of nitriles is 1. The summed E-state index contributed by atoms with van der Waals surface area (Å²) in [7, 11) is 0. The molecule has 1 N–H and O–H groups in total. The van der Waals surface area contributed by atoms with Crippen molar-refractivity contribution >= 4 is 33.6 Å². The SMILES string of the molecule is CCOc1cc(/C=C(\C#N)C(=O)Nc2ccccc2)cc(Br)c1OCc1ccccc1C. The number of para-hydroxylation sites is 1. The predicted molar refractivity (Wildman–Crippen MR) is 129 cm³/mol. The highest BCUT2D eigenvalue weighted by molar-refractivity contribution is 9.10. The fourth-order valence-electron chi connectivity index (χ4n) is 3.03. The Hall–Kier alpha value is -3.56. The molecule has 0 heterocycles. The van der Waals surface area contributed by atoms with E-state index in [1.807, 2.05) is 62.4 Å². The quantitative estimate of drug-likeness (QED) is 0.297. The van der Waals surface area contributed by atoms with E-state index in [0.717, 1.165) is 11.1 Å². The second kappa shape index (κ2) is 11.2. The molecule has 0 fully saturated rings. The van der Waals surface area contributed by atoms with Crippen LogP contribution >= 0.6 is 15.9 Å². The Bertz CT molecular complexity index is 1170. The highest BCUT2D eigenvalue weighted by atomic mass is 79.9. The summed E-state index contributed by atoms with van der Waals surface area (Å²) in [6.45, 7) is 4.76. The van der Waals surface area contributed by atoms with E-state index >= 15 is 0 Å². The number of rotatable bonds is 8. The predicted octanol–water partition coefficient (Wildman–Crippen LogP) is 6.28. The van der Waals surface area contributed by atoms with E-state index in [1.54, 1.807) is 24.3 Å². The Kier molecular flexibility index (Phi) is 8.07. The number of nitrogens with zero attached hydrogens (tertiary/aromatic N) is 1. The van der Waals surface area contributed by atoms with Crippen LogP contribution in [0.5, 0.6) is 11.5 Å². The lowest BCUT2D eigenvalue weighted by Crippen LogP contribution is -2.13. The van der Waals surface area contributed by atoms with E-state index in [0.29, 0.717) is 40.4 Å². The Morgan fingerprint density at radius 1 is 1.09 bits per heavy atom. The van der Waals surface area contributed by atoms with Crippen molar-refractivity contribution in [1.29, 1.82) is 5.26 Å². The van der Waals surface area contributed by atoms with Crippen LogP contribution in [0.4, 0.5) is 5.69 Å². The number of benzene rings is 3. The first-order valence-electron chi connectivity index (χ1n) is 10.1. The molecule has 0 bridgehead atoms. The largest absolute Gasteiger partial charge is 0.490 e. The Labute approximate surface area is 196 Å². The molecule has 0 radical (unpaired) electrons. The van der Waals surface area contributed by atoms with Gasteiger partial charge < -0.3 is 14.8 Å². The third-order valence-corrected chi connectivity index (χ3v) is 5.26. The number of hydrogen-bond acceptors (Lipinski definition) is 4. The second-order valence-corrected chi connectivity index (χ2v) is 7.82. The average molecular weight is 491 g/mol. The van der Waals surface area contributed by atoms with E-state index in [9.17, 15) is 10.1 Å². The van der Waals surface area contributed by atoms with Gasteiger partial charge in [-0.1, -0.05) is 42.5 Å². The third-order valence-electron chi connectivity index (χ3n) is 4.67. The molecule has 0 aliphatic heterocycles. The van der Waals surface area contributed by atoms with Crippen LogP contribution in [0.2, 0.25) is 0 Å². The Balaban J connectivity index is 1.86. The van der Waals surface area contributed by atoms with E-state index in [1.165, 1.54) is 6.08 Å². The monoisotopic (exact) mass is 490 g/mol. The third kappa shape index (κ3) is 5.99. The lowest BCUT2D eigenvalue weighted by molar-refractivity contribution is -0.112. The van der Waals surface area contributed by atoms with Gasteiger partial charge in [-0.15, -0.1) is 0 Å². The molecule has 5 nitrogen and oxygen atoms in total. The van der Waals surface area contributed by atoms with Crippen molar-refractivity contribution in [2.24, 2.45) is 0 Å². The fraction of sp³-hybridized carbons (Fsp3) is 0.154. The highest BCUT2D eigenvalue weighted by Crippen LogP contribution is 2.38. The summed E-state index contributed by atoms with van der Waals surface area (Å²) in [6, 6.07) is 22.5. The number of halogens is 1. The molecule has 0 unspecified atom stereocenters. The molecule has 0 saturated heterocycles. The molecule has 3 aromatic rings. The molecular weight excluding hydrogens is 468 g/mol. The summed E-state index contributed by atoms with van der Waals surface area (Å²) >= 11 is 3.55. The van der Waals surface area contributed by atoms with Crippen molar-refractivity contribution in [1.82, 2.24) is 0 Å². The van der Waals surface area contributed by atoms with E-state index < -0.39 is 5.91 Å². The zero-order chi connectivity index (χ0) is 22.9. The maximum atomic E-state index is 12.5. The number of anilines is 1. The van der Waals surface area contributed by atoms with Crippen LogP contribution in [0.3, 0.4) is 0 Å². The van der Waals surface area contributed by atoms with E-state index in [-0.39, 0.29) is 5.57 Å². The van der Waals surface area contributed by atoms with Crippen molar-refractivity contribution in [2.45, 2.75) is 20.5 Å². The number of carbonyl (C=O) groups is 1. The van der Waals surface area contributed by atoms with Gasteiger partial charge >= 0.3 is 0 Å². The molecule has 3 aromatic carbocycles. The normalized spacial score (nSPS) is 10.9. The van der Waals surface area contributed by atoms with Crippen molar-refractivity contribution in [3.63, 3.8) is 0 Å². The Morgan fingerprint density at radius 3 is 2.50 bits per heavy atom. The summed E-state index contributed by atoms with van der Waals surface area (Å²) in [4.78, 5) is 12.5. The van der Waals surface area contributed by atoms with Crippen molar-refractivity contribution in [3.05, 3.63) is 93.5 Å². The van der Waals surface area contributed by atoms with Crippen LogP contribution in [0.25, 0.3) is 6.08 Å². The number of ether oxygens (including phenoxy) is 2. The fourth-order valence-corrected chi connectivity index (χ4v) is 3.61. The van der Waals surface area contributed by atoms with Gasteiger partial charge in [-0.3, -0.25) is 4.79 Å². The van der Waals surface area contributed by atoms with E-state index in [4.69, 9.17) is 9.47 Å². The number of nitrogens with one attached hydrogen (secondary N) is 1. The molecule has 6 heteroatoms. The van der Waals surface area contributed by atoms with Crippen molar-refractivity contribution < 1.29 is 14.3 Å². The van der Waals surface area contributed by atoms with Gasteiger partial charge in [0.1, 0.15) is 18.2 Å². The number of hydrogen-bond donors (Lipinski definition) is 1. The topological polar surface area (TPSA) is 71.3 Å². The number of aryl methyl sites for hydroxylation is 1. The Morgan fingerprint density at radius 2 is 1.81 bits per heavy atom. The van der Waals surface area contributed by atoms with Gasteiger partial charge in [0, 0.05) is 5.69 Å². The summed E-state index contributed by atoms with van der Waals surface area (Å²) < 4.78 is 12.5. The molecule has 0 atom stereocenters. The zero-order valence-electron chi connectivity index (χ0n) is 17.9. The molecule has 162 valence electrons. The molecule has 0 aliphatic rings. The zero-order valence-corrected chi connectivity index (χ0v) is 19.5. The molecule has 0 aliphatic carbocycles. The summed E-state index contributed by atoms with van der Waals surface area (Å²) in [5, 5.41) is 12.2. The van der Waals surface area contributed by atoms with E-state index in [2.05, 4.69) is 21.2 Å². The minimum atomic E-state index is -0.479. The van der Waals surface area contributed by atoms with Crippen molar-refractivity contribution in [3.8, 4) is 17.6 Å². The van der Waals surface area contributed by atoms with Crippen LogP contribution in [0, 0.1) is 18.3 Å². The van der Waals surface area contributed by atoms with Gasteiger partial charge in [0.25, 0.3) is 5.91 Å². The first kappa shape index (κ1) is 23.1. The lowest BCUT2D eigenvalue weighted by Gasteiger charge is -2.15. The smallest absolute Gasteiger partial charge is 0.266 e.